The first-order valence-electron chi connectivity index (χ1n) is 5.96. The minimum atomic E-state index is -0.465. The fourth-order valence-corrected chi connectivity index (χ4v) is 3.19. The molecule has 5 nitrogen and oxygen atoms in total. The van der Waals surface area contributed by atoms with Crippen LogP contribution >= 0.6 is 11.3 Å². The number of rotatable bonds is 1. The quantitative estimate of drug-likeness (QED) is 0.837. The van der Waals surface area contributed by atoms with Gasteiger partial charge in [-0.1, -0.05) is 6.07 Å². The van der Waals surface area contributed by atoms with Crippen molar-refractivity contribution in [2.75, 3.05) is 0 Å². The van der Waals surface area contributed by atoms with Crippen molar-refractivity contribution >= 4 is 11.3 Å². The number of nitrogens with zero attached hydrogens (tertiary/aromatic N) is 1. The Labute approximate surface area is 118 Å². The van der Waals surface area contributed by atoms with E-state index in [4.69, 9.17) is 10.5 Å². The molecule has 3 rings (SSSR count). The van der Waals surface area contributed by atoms with Crippen molar-refractivity contribution in [1.82, 2.24) is 4.98 Å². The Morgan fingerprint density at radius 2 is 2.35 bits per heavy atom. The van der Waals surface area contributed by atoms with E-state index in [0.29, 0.717) is 17.0 Å². The lowest BCUT2D eigenvalue weighted by molar-refractivity contribution is 0.391. The van der Waals surface area contributed by atoms with Gasteiger partial charge in [-0.3, -0.25) is 4.79 Å². The summed E-state index contributed by atoms with van der Waals surface area (Å²) < 4.78 is 5.44. The van der Waals surface area contributed by atoms with E-state index in [1.165, 1.54) is 11.3 Å². The van der Waals surface area contributed by atoms with E-state index >= 15 is 0 Å². The van der Waals surface area contributed by atoms with Crippen molar-refractivity contribution in [1.29, 1.82) is 5.26 Å². The van der Waals surface area contributed by atoms with Gasteiger partial charge in [0.2, 0.25) is 5.88 Å². The molecule has 0 spiro atoms. The number of aromatic amines is 1. The third-order valence-electron chi connectivity index (χ3n) is 3.18. The molecule has 2 aromatic heterocycles. The monoisotopic (exact) mass is 285 g/mol. The Bertz CT molecular complexity index is 797. The van der Waals surface area contributed by atoms with Crippen molar-refractivity contribution in [2.45, 2.75) is 12.8 Å². The number of hydrogen-bond acceptors (Lipinski definition) is 5. The summed E-state index contributed by atoms with van der Waals surface area (Å²) in [7, 11) is 0. The van der Waals surface area contributed by atoms with Gasteiger partial charge in [-0.15, -0.1) is 11.3 Å². The first-order valence-corrected chi connectivity index (χ1v) is 6.84. The number of nitrogens with two attached hydrogens (primary N) is 1. The van der Waals surface area contributed by atoms with Gasteiger partial charge in [-0.25, -0.2) is 0 Å². The van der Waals surface area contributed by atoms with E-state index in [1.54, 1.807) is 13.0 Å². The Morgan fingerprint density at radius 3 is 3.00 bits per heavy atom. The molecular weight excluding hydrogens is 274 g/mol. The molecule has 6 heteroatoms. The molecule has 1 atom stereocenters. The molecule has 0 amide bonds. The lowest BCUT2D eigenvalue weighted by atomic mass is 9.89. The van der Waals surface area contributed by atoms with Crippen LogP contribution < -0.4 is 16.0 Å². The maximum absolute atomic E-state index is 12.3. The average molecular weight is 285 g/mol. The maximum Gasteiger partial charge on any atom is 0.256 e. The standard InChI is InChI=1S/C14H11N3O2S/c1-7-5-9-12(14(18)17-7)11(10-3-2-4-20-10)8(6-15)13(16)19-9/h2-5,11H,16H2,1H3,(H,17,18)/t11-/m0/s1. The number of aryl methyl sites for hydroxylation is 1. The number of H-pyrrole nitrogens is 1. The summed E-state index contributed by atoms with van der Waals surface area (Å²) in [6.45, 7) is 1.77. The molecule has 0 aliphatic carbocycles. The van der Waals surface area contributed by atoms with Crippen LogP contribution in [-0.4, -0.2) is 4.98 Å². The van der Waals surface area contributed by atoms with Gasteiger partial charge in [0, 0.05) is 16.6 Å². The Balaban J connectivity index is 2.32. The highest BCUT2D eigenvalue weighted by Gasteiger charge is 2.33. The number of hydrogen-bond donors (Lipinski definition) is 2. The van der Waals surface area contributed by atoms with Crippen LogP contribution in [0.2, 0.25) is 0 Å². The van der Waals surface area contributed by atoms with Crippen LogP contribution in [0.3, 0.4) is 0 Å². The van der Waals surface area contributed by atoms with E-state index in [0.717, 1.165) is 4.88 Å². The van der Waals surface area contributed by atoms with Crippen LogP contribution in [0.5, 0.6) is 5.75 Å². The SMILES string of the molecule is Cc1cc2c(c(=O)[nH]1)[C@H](c1cccs1)C(C#N)=C(N)O2. The van der Waals surface area contributed by atoms with Crippen LogP contribution in [0, 0.1) is 18.3 Å². The highest BCUT2D eigenvalue weighted by Crippen LogP contribution is 2.41. The van der Waals surface area contributed by atoms with E-state index in [1.807, 2.05) is 17.5 Å². The molecule has 3 heterocycles. The molecule has 0 saturated heterocycles. The fraction of sp³-hybridized carbons (Fsp3) is 0.143. The summed E-state index contributed by atoms with van der Waals surface area (Å²) in [5, 5.41) is 11.2. The van der Waals surface area contributed by atoms with Gasteiger partial charge in [-0.2, -0.15) is 5.26 Å². The molecule has 2 aromatic rings. The molecule has 0 radical (unpaired) electrons. The van der Waals surface area contributed by atoms with Gasteiger partial charge in [0.25, 0.3) is 5.56 Å². The number of nitriles is 1. The molecule has 3 N–H and O–H groups in total. The van der Waals surface area contributed by atoms with E-state index in [9.17, 15) is 10.1 Å². The van der Waals surface area contributed by atoms with Gasteiger partial charge in [0.15, 0.2) is 0 Å². The lowest BCUT2D eigenvalue weighted by Crippen LogP contribution is -2.27. The van der Waals surface area contributed by atoms with Crippen LogP contribution in [0.25, 0.3) is 0 Å². The second-order valence-corrected chi connectivity index (χ2v) is 5.48. The molecule has 20 heavy (non-hydrogen) atoms. The van der Waals surface area contributed by atoms with Crippen molar-refractivity contribution < 1.29 is 4.74 Å². The smallest absolute Gasteiger partial charge is 0.256 e. The van der Waals surface area contributed by atoms with Gasteiger partial charge in [0.05, 0.1) is 11.5 Å². The first kappa shape index (κ1) is 12.5. The van der Waals surface area contributed by atoms with Crippen molar-refractivity contribution in [3.63, 3.8) is 0 Å². The van der Waals surface area contributed by atoms with E-state index in [2.05, 4.69) is 11.1 Å². The molecular formula is C14H11N3O2S. The highest BCUT2D eigenvalue weighted by atomic mass is 32.1. The topological polar surface area (TPSA) is 91.9 Å². The van der Waals surface area contributed by atoms with Crippen LogP contribution in [0.15, 0.2) is 39.8 Å². The number of ether oxygens (including phenoxy) is 1. The maximum atomic E-state index is 12.3. The van der Waals surface area contributed by atoms with Crippen LogP contribution in [0.4, 0.5) is 0 Å². The molecule has 0 saturated carbocycles. The Kier molecular flexibility index (Phi) is 2.84. The van der Waals surface area contributed by atoms with Crippen molar-refractivity contribution in [3.05, 3.63) is 61.5 Å². The van der Waals surface area contributed by atoms with Crippen molar-refractivity contribution in [2.24, 2.45) is 5.73 Å². The van der Waals surface area contributed by atoms with E-state index in [-0.39, 0.29) is 17.0 Å². The molecule has 0 bridgehead atoms. The van der Waals surface area contributed by atoms with Crippen LogP contribution in [-0.2, 0) is 0 Å². The third-order valence-corrected chi connectivity index (χ3v) is 4.12. The molecule has 0 unspecified atom stereocenters. The van der Waals surface area contributed by atoms with Crippen molar-refractivity contribution in [3.8, 4) is 11.8 Å². The number of nitrogens with one attached hydrogen (secondary N) is 1. The Morgan fingerprint density at radius 1 is 1.55 bits per heavy atom. The zero-order chi connectivity index (χ0) is 14.3. The molecule has 1 aliphatic heterocycles. The predicted molar refractivity (Wildman–Crippen MR) is 75.4 cm³/mol. The molecule has 0 fully saturated rings. The summed E-state index contributed by atoms with van der Waals surface area (Å²) in [4.78, 5) is 15.9. The molecule has 100 valence electrons. The number of fused-ring (bicyclic) bond motifs is 1. The average Bonchev–Trinajstić information content (AvgIpc) is 2.90. The molecule has 1 aliphatic rings. The van der Waals surface area contributed by atoms with Gasteiger partial charge < -0.3 is 15.5 Å². The Hall–Kier alpha value is -2.52. The number of thiophene rings is 1. The van der Waals surface area contributed by atoms with Gasteiger partial charge in [0.1, 0.15) is 17.4 Å². The first-order chi connectivity index (χ1) is 9.61. The summed E-state index contributed by atoms with van der Waals surface area (Å²) in [5.74, 6) is 0.0117. The second kappa shape index (κ2) is 4.54. The normalized spacial score (nSPS) is 17.3. The predicted octanol–water partition coefficient (Wildman–Crippen LogP) is 1.96. The third kappa shape index (κ3) is 1.80. The minimum Gasteiger partial charge on any atom is -0.440 e. The molecule has 0 aromatic carbocycles. The number of aromatic nitrogens is 1. The second-order valence-electron chi connectivity index (χ2n) is 4.50. The zero-order valence-corrected chi connectivity index (χ0v) is 11.5. The fourth-order valence-electron chi connectivity index (χ4n) is 2.35. The lowest BCUT2D eigenvalue weighted by Gasteiger charge is -2.24. The summed E-state index contributed by atoms with van der Waals surface area (Å²) >= 11 is 1.48. The van der Waals surface area contributed by atoms with Gasteiger partial charge in [-0.05, 0) is 18.4 Å². The highest BCUT2D eigenvalue weighted by molar-refractivity contribution is 7.10. The summed E-state index contributed by atoms with van der Waals surface area (Å²) in [6.07, 6.45) is 0. The van der Waals surface area contributed by atoms with E-state index < -0.39 is 5.92 Å². The number of pyridine rings is 1. The zero-order valence-electron chi connectivity index (χ0n) is 10.6. The largest absolute Gasteiger partial charge is 0.440 e. The summed E-state index contributed by atoms with van der Waals surface area (Å²) in [5.41, 5.74) is 6.97. The minimum absolute atomic E-state index is 0.0587. The number of allylic oxidation sites excluding steroid dienone is 1. The van der Waals surface area contributed by atoms with Gasteiger partial charge >= 0.3 is 0 Å². The summed E-state index contributed by atoms with van der Waals surface area (Å²) in [6, 6.07) is 7.54. The van der Waals surface area contributed by atoms with Crippen LogP contribution in [0.1, 0.15) is 22.1 Å².